The number of hydrogen-bond donors (Lipinski definition) is 2. The molecular formula is C12H14ClN3O2. The Morgan fingerprint density at radius 3 is 2.78 bits per heavy atom. The molecule has 0 spiro atoms. The third-order valence-corrected chi connectivity index (χ3v) is 2.90. The van der Waals surface area contributed by atoms with Crippen molar-refractivity contribution < 1.29 is 9.59 Å². The van der Waals surface area contributed by atoms with Crippen LogP contribution in [0.3, 0.4) is 0 Å². The van der Waals surface area contributed by atoms with Crippen LogP contribution in [0.15, 0.2) is 24.3 Å². The molecule has 1 aromatic rings. The molecule has 1 saturated heterocycles. The molecule has 0 bridgehead atoms. The average molecular weight is 268 g/mol. The predicted octanol–water partition coefficient (Wildman–Crippen LogP) is 1.69. The second-order valence-corrected chi connectivity index (χ2v) is 4.50. The second-order valence-electron chi connectivity index (χ2n) is 4.06. The molecule has 1 fully saturated rings. The van der Waals surface area contributed by atoms with E-state index in [2.05, 4.69) is 10.6 Å². The molecule has 0 atom stereocenters. The number of halogens is 1. The summed E-state index contributed by atoms with van der Waals surface area (Å²) < 4.78 is 0. The van der Waals surface area contributed by atoms with Crippen molar-refractivity contribution >= 4 is 29.2 Å². The molecular weight excluding hydrogens is 254 g/mol. The van der Waals surface area contributed by atoms with Gasteiger partial charge >= 0.3 is 6.03 Å². The Balaban J connectivity index is 1.98. The molecule has 5 nitrogen and oxygen atoms in total. The predicted molar refractivity (Wildman–Crippen MR) is 69.7 cm³/mol. The number of carbonyl (C=O) groups is 2. The van der Waals surface area contributed by atoms with Gasteiger partial charge in [0.1, 0.15) is 6.54 Å². The number of nitrogens with zero attached hydrogens (tertiary/aromatic N) is 1. The van der Waals surface area contributed by atoms with Crippen LogP contribution in [0, 0.1) is 0 Å². The van der Waals surface area contributed by atoms with Crippen molar-refractivity contribution in [2.75, 3.05) is 25.0 Å². The van der Waals surface area contributed by atoms with Crippen molar-refractivity contribution in [2.24, 2.45) is 0 Å². The first-order chi connectivity index (χ1) is 8.65. The monoisotopic (exact) mass is 267 g/mol. The number of nitrogens with one attached hydrogen (secondary N) is 2. The van der Waals surface area contributed by atoms with Crippen LogP contribution in [0.2, 0.25) is 5.02 Å². The van der Waals surface area contributed by atoms with Gasteiger partial charge < -0.3 is 15.5 Å². The van der Waals surface area contributed by atoms with Crippen molar-refractivity contribution in [3.63, 3.8) is 0 Å². The highest BCUT2D eigenvalue weighted by Gasteiger charge is 2.19. The molecule has 0 aromatic heterocycles. The summed E-state index contributed by atoms with van der Waals surface area (Å²) in [6, 6.07) is 6.57. The highest BCUT2D eigenvalue weighted by Crippen LogP contribution is 2.14. The van der Waals surface area contributed by atoms with Gasteiger partial charge in [0.2, 0.25) is 5.91 Å². The van der Waals surface area contributed by atoms with Crippen molar-refractivity contribution in [3.8, 4) is 0 Å². The van der Waals surface area contributed by atoms with E-state index >= 15 is 0 Å². The van der Waals surface area contributed by atoms with Gasteiger partial charge in [0.25, 0.3) is 0 Å². The van der Waals surface area contributed by atoms with Crippen molar-refractivity contribution in [2.45, 2.75) is 6.42 Å². The molecule has 18 heavy (non-hydrogen) atoms. The summed E-state index contributed by atoms with van der Waals surface area (Å²) in [5, 5.41) is 6.07. The van der Waals surface area contributed by atoms with Gasteiger partial charge in [0, 0.05) is 23.8 Å². The van der Waals surface area contributed by atoms with E-state index < -0.39 is 0 Å². The van der Waals surface area contributed by atoms with Crippen LogP contribution in [0.5, 0.6) is 0 Å². The maximum absolute atomic E-state index is 12.0. The first-order valence-electron chi connectivity index (χ1n) is 5.73. The Kier molecular flexibility index (Phi) is 4.04. The number of hydrogen-bond acceptors (Lipinski definition) is 2. The lowest BCUT2D eigenvalue weighted by molar-refractivity contribution is -0.120. The molecule has 6 heteroatoms. The second kappa shape index (κ2) is 5.73. The number of benzene rings is 1. The third-order valence-electron chi connectivity index (χ3n) is 2.64. The van der Waals surface area contributed by atoms with E-state index in [1.165, 1.54) is 4.90 Å². The zero-order valence-corrected chi connectivity index (χ0v) is 10.5. The summed E-state index contributed by atoms with van der Waals surface area (Å²) in [4.78, 5) is 24.8. The quantitative estimate of drug-likeness (QED) is 0.813. The van der Waals surface area contributed by atoms with Crippen LogP contribution in [0.25, 0.3) is 0 Å². The number of urea groups is 1. The summed E-state index contributed by atoms with van der Waals surface area (Å²) >= 11 is 5.76. The van der Waals surface area contributed by atoms with Crippen LogP contribution >= 0.6 is 11.6 Å². The zero-order valence-electron chi connectivity index (χ0n) is 9.78. The minimum atomic E-state index is -0.269. The minimum Gasteiger partial charge on any atom is -0.354 e. The number of anilines is 1. The van der Waals surface area contributed by atoms with Gasteiger partial charge in [-0.05, 0) is 30.7 Å². The van der Waals surface area contributed by atoms with Crippen molar-refractivity contribution in [1.82, 2.24) is 10.2 Å². The van der Waals surface area contributed by atoms with E-state index in [-0.39, 0.29) is 18.5 Å². The van der Waals surface area contributed by atoms with Gasteiger partial charge in [-0.2, -0.15) is 0 Å². The molecule has 0 radical (unpaired) electrons. The van der Waals surface area contributed by atoms with E-state index in [0.717, 1.165) is 6.42 Å². The van der Waals surface area contributed by atoms with Crippen LogP contribution in [-0.4, -0.2) is 36.5 Å². The zero-order chi connectivity index (χ0) is 13.0. The smallest absolute Gasteiger partial charge is 0.322 e. The molecule has 0 aliphatic carbocycles. The highest BCUT2D eigenvalue weighted by atomic mass is 35.5. The van der Waals surface area contributed by atoms with E-state index in [1.54, 1.807) is 24.3 Å². The summed E-state index contributed by atoms with van der Waals surface area (Å²) in [7, 11) is 0. The fourth-order valence-electron chi connectivity index (χ4n) is 1.72. The van der Waals surface area contributed by atoms with Gasteiger partial charge in [0.05, 0.1) is 0 Å². The van der Waals surface area contributed by atoms with Crippen LogP contribution in [0.1, 0.15) is 6.42 Å². The van der Waals surface area contributed by atoms with Crippen LogP contribution < -0.4 is 10.6 Å². The van der Waals surface area contributed by atoms with Gasteiger partial charge in [-0.25, -0.2) is 4.79 Å². The molecule has 1 heterocycles. The van der Waals surface area contributed by atoms with E-state index in [1.807, 2.05) is 0 Å². The Bertz CT molecular complexity index is 447. The van der Waals surface area contributed by atoms with Gasteiger partial charge in [-0.15, -0.1) is 0 Å². The van der Waals surface area contributed by atoms with E-state index in [0.29, 0.717) is 23.8 Å². The Hall–Kier alpha value is -1.75. The summed E-state index contributed by atoms with van der Waals surface area (Å²) in [6.45, 7) is 1.28. The molecule has 2 N–H and O–H groups in total. The van der Waals surface area contributed by atoms with Crippen LogP contribution in [-0.2, 0) is 4.79 Å². The van der Waals surface area contributed by atoms with Gasteiger partial charge in [-0.3, -0.25) is 4.79 Å². The number of carbonyl (C=O) groups excluding carboxylic acids is 2. The Labute approximate surface area is 110 Å². The van der Waals surface area contributed by atoms with Gasteiger partial charge in [-0.1, -0.05) is 11.6 Å². The number of amides is 3. The maximum atomic E-state index is 12.0. The first-order valence-corrected chi connectivity index (χ1v) is 6.11. The van der Waals surface area contributed by atoms with E-state index in [4.69, 9.17) is 11.6 Å². The van der Waals surface area contributed by atoms with Crippen molar-refractivity contribution in [1.29, 1.82) is 0 Å². The average Bonchev–Trinajstić information content (AvgIpc) is 2.57. The highest BCUT2D eigenvalue weighted by molar-refractivity contribution is 6.30. The normalized spacial score (nSPS) is 15.8. The lowest BCUT2D eigenvalue weighted by Gasteiger charge is -2.19. The lowest BCUT2D eigenvalue weighted by atomic mass is 10.3. The fourth-order valence-corrected chi connectivity index (χ4v) is 1.84. The molecule has 1 aliphatic heterocycles. The lowest BCUT2D eigenvalue weighted by Crippen LogP contribution is -2.39. The maximum Gasteiger partial charge on any atom is 0.322 e. The fraction of sp³-hybridized carbons (Fsp3) is 0.333. The largest absolute Gasteiger partial charge is 0.354 e. The summed E-state index contributed by atoms with van der Waals surface area (Å²) in [5.74, 6) is -0.126. The molecule has 3 amide bonds. The Morgan fingerprint density at radius 2 is 2.06 bits per heavy atom. The number of rotatable bonds is 1. The van der Waals surface area contributed by atoms with E-state index in [9.17, 15) is 9.59 Å². The Morgan fingerprint density at radius 1 is 1.33 bits per heavy atom. The molecule has 2 rings (SSSR count). The standard InChI is InChI=1S/C12H14ClN3O2/c13-9-2-4-10(5-3-9)15-12(18)16-7-1-6-14-11(17)8-16/h2-5H,1,6-8H2,(H,14,17)(H,15,18). The van der Waals surface area contributed by atoms with Gasteiger partial charge in [0.15, 0.2) is 0 Å². The molecule has 0 unspecified atom stereocenters. The molecule has 1 aromatic carbocycles. The topological polar surface area (TPSA) is 61.4 Å². The third kappa shape index (κ3) is 3.37. The minimum absolute atomic E-state index is 0.0966. The van der Waals surface area contributed by atoms with Crippen molar-refractivity contribution in [3.05, 3.63) is 29.3 Å². The molecule has 1 aliphatic rings. The molecule has 96 valence electrons. The first kappa shape index (κ1) is 12.7. The molecule has 0 saturated carbocycles. The summed E-state index contributed by atoms with van der Waals surface area (Å²) in [6.07, 6.45) is 0.764. The van der Waals surface area contributed by atoms with Crippen LogP contribution in [0.4, 0.5) is 10.5 Å². The SMILES string of the molecule is O=C1CN(C(=O)Nc2ccc(Cl)cc2)CCCN1. The summed E-state index contributed by atoms with van der Waals surface area (Å²) in [5.41, 5.74) is 0.661.